The number of phenolic OH excluding ortho intramolecular Hbond substituents is 2. The second kappa shape index (κ2) is 8.52. The Morgan fingerprint density at radius 2 is 1.26 bits per heavy atom. The summed E-state index contributed by atoms with van der Waals surface area (Å²) in [5.74, 6) is -5.42. The van der Waals surface area contributed by atoms with Crippen molar-refractivity contribution in [2.45, 2.75) is 5.60 Å². The van der Waals surface area contributed by atoms with Gasteiger partial charge < -0.3 is 35.0 Å². The second-order valence-electron chi connectivity index (χ2n) is 8.40. The van der Waals surface area contributed by atoms with E-state index in [9.17, 15) is 34.5 Å². The Kier molecular flexibility index (Phi) is 5.41. The van der Waals surface area contributed by atoms with Gasteiger partial charge in [0.2, 0.25) is 0 Å². The summed E-state index contributed by atoms with van der Waals surface area (Å²) >= 11 is 0. The largest absolute Gasteiger partial charge is 0.507 e. The van der Waals surface area contributed by atoms with Gasteiger partial charge in [0.05, 0.1) is 11.1 Å². The summed E-state index contributed by atoms with van der Waals surface area (Å²) in [6.45, 7) is 0. The molecule has 0 radical (unpaired) electrons. The molecule has 0 fully saturated rings. The van der Waals surface area contributed by atoms with Crippen molar-refractivity contribution >= 4 is 36.0 Å². The van der Waals surface area contributed by atoms with Crippen molar-refractivity contribution in [1.82, 2.24) is 0 Å². The molecule has 2 aliphatic heterocycles. The monoisotopic (exact) mass is 516 g/mol. The van der Waals surface area contributed by atoms with Crippen molar-refractivity contribution in [2.24, 2.45) is 0 Å². The average molecular weight is 516 g/mol. The number of hydrogen-bond acceptors (Lipinski definition) is 8. The predicted octanol–water partition coefficient (Wildman–Crippen LogP) is 3.56. The molecule has 0 saturated heterocycles. The van der Waals surface area contributed by atoms with Crippen LogP contribution in [0.2, 0.25) is 0 Å². The molecule has 2 aliphatic rings. The van der Waals surface area contributed by atoms with Gasteiger partial charge in [-0.1, -0.05) is 0 Å². The molecule has 11 nitrogen and oxygen atoms in total. The number of carbonyl (C=O) groups is 4. The van der Waals surface area contributed by atoms with E-state index in [2.05, 4.69) is 0 Å². The van der Waals surface area contributed by atoms with E-state index in [-0.39, 0.29) is 61.9 Å². The second-order valence-corrected chi connectivity index (χ2v) is 8.40. The molecule has 2 heterocycles. The van der Waals surface area contributed by atoms with Gasteiger partial charge in [-0.2, -0.15) is 0 Å². The highest BCUT2D eigenvalue weighted by Crippen LogP contribution is 2.58. The first-order valence-electron chi connectivity index (χ1n) is 10.9. The molecule has 5 N–H and O–H groups in total. The van der Waals surface area contributed by atoms with E-state index in [1.54, 1.807) is 0 Å². The van der Waals surface area contributed by atoms with E-state index in [0.717, 1.165) is 24.3 Å². The predicted molar refractivity (Wildman–Crippen MR) is 128 cm³/mol. The molecule has 5 rings (SSSR count). The number of ether oxygens (including phenoxy) is 2. The van der Waals surface area contributed by atoms with Crippen LogP contribution in [0.25, 0.3) is 12.2 Å². The van der Waals surface area contributed by atoms with Crippen LogP contribution in [0.4, 0.5) is 0 Å². The van der Waals surface area contributed by atoms with E-state index < -0.39 is 29.5 Å². The number of esters is 1. The Morgan fingerprint density at radius 1 is 0.737 bits per heavy atom. The SMILES string of the molecule is O=C(O)/C=C/c1cc2c(cc1O)Oc1cc(O)c(/C=C/C(=O)O)cc1C21OC(=O)c2ccc(C(=O)O)cc21. The Hall–Kier alpha value is -5.58. The molecule has 0 unspecified atom stereocenters. The molecule has 190 valence electrons. The fraction of sp³-hybridized carbons (Fsp3) is 0.0370. The van der Waals surface area contributed by atoms with Crippen LogP contribution in [-0.4, -0.2) is 49.4 Å². The van der Waals surface area contributed by atoms with Crippen molar-refractivity contribution in [3.05, 3.63) is 93.6 Å². The molecule has 0 amide bonds. The molecule has 0 saturated carbocycles. The maximum Gasteiger partial charge on any atom is 0.340 e. The Labute approximate surface area is 212 Å². The number of carboxylic acids is 3. The third kappa shape index (κ3) is 3.69. The van der Waals surface area contributed by atoms with Crippen molar-refractivity contribution < 1.29 is 54.2 Å². The quantitative estimate of drug-likeness (QED) is 0.246. The molecule has 0 aromatic heterocycles. The lowest BCUT2D eigenvalue weighted by Crippen LogP contribution is -2.33. The zero-order chi connectivity index (χ0) is 27.4. The van der Waals surface area contributed by atoms with Crippen molar-refractivity contribution in [2.75, 3.05) is 0 Å². The number of aliphatic carboxylic acids is 2. The van der Waals surface area contributed by atoms with Crippen LogP contribution in [0, 0.1) is 0 Å². The highest BCUT2D eigenvalue weighted by Gasteiger charge is 2.54. The lowest BCUT2D eigenvalue weighted by molar-refractivity contribution is -0.132. The van der Waals surface area contributed by atoms with Crippen LogP contribution >= 0.6 is 0 Å². The molecule has 0 bridgehead atoms. The Bertz CT molecular complexity index is 1570. The number of benzene rings is 3. The van der Waals surface area contributed by atoms with Crippen molar-refractivity contribution in [3.8, 4) is 23.0 Å². The fourth-order valence-corrected chi connectivity index (χ4v) is 4.54. The van der Waals surface area contributed by atoms with Gasteiger partial charge in [-0.3, -0.25) is 0 Å². The molecule has 3 aromatic carbocycles. The minimum atomic E-state index is -1.86. The zero-order valence-corrected chi connectivity index (χ0v) is 19.0. The third-order valence-corrected chi connectivity index (χ3v) is 6.16. The number of fused-ring (bicyclic) bond motifs is 6. The van der Waals surface area contributed by atoms with Crippen LogP contribution in [0.3, 0.4) is 0 Å². The number of aromatic carboxylic acids is 1. The topological polar surface area (TPSA) is 188 Å². The van der Waals surface area contributed by atoms with Gasteiger partial charge in [0.1, 0.15) is 23.0 Å². The minimum Gasteiger partial charge on any atom is -0.507 e. The lowest BCUT2D eigenvalue weighted by atomic mass is 9.76. The average Bonchev–Trinajstić information content (AvgIpc) is 3.14. The summed E-state index contributed by atoms with van der Waals surface area (Å²) < 4.78 is 11.8. The van der Waals surface area contributed by atoms with Crippen LogP contribution in [0.1, 0.15) is 48.5 Å². The number of rotatable bonds is 5. The smallest absolute Gasteiger partial charge is 0.340 e. The zero-order valence-electron chi connectivity index (χ0n) is 19.0. The summed E-state index contributed by atoms with van der Waals surface area (Å²) in [6.07, 6.45) is 3.81. The van der Waals surface area contributed by atoms with Crippen LogP contribution in [-0.2, 0) is 19.9 Å². The van der Waals surface area contributed by atoms with E-state index in [1.807, 2.05) is 0 Å². The first-order chi connectivity index (χ1) is 18.0. The number of aromatic hydroxyl groups is 2. The molecule has 38 heavy (non-hydrogen) atoms. The van der Waals surface area contributed by atoms with Crippen LogP contribution in [0.15, 0.2) is 54.6 Å². The maximum atomic E-state index is 13.1. The van der Waals surface area contributed by atoms with Gasteiger partial charge in [-0.05, 0) is 42.5 Å². The van der Waals surface area contributed by atoms with Gasteiger partial charge in [0.15, 0.2) is 5.60 Å². The summed E-state index contributed by atoms with van der Waals surface area (Å²) in [6, 6.07) is 8.79. The molecular formula is C27H16O11. The molecule has 3 aromatic rings. The molecule has 0 atom stereocenters. The highest BCUT2D eigenvalue weighted by molar-refractivity contribution is 5.99. The van der Waals surface area contributed by atoms with Gasteiger partial charge in [-0.25, -0.2) is 19.2 Å². The van der Waals surface area contributed by atoms with E-state index in [0.29, 0.717) is 0 Å². The lowest BCUT2D eigenvalue weighted by Gasteiger charge is -2.37. The Balaban J connectivity index is 1.88. The third-order valence-electron chi connectivity index (χ3n) is 6.16. The number of carboxylic acid groups (broad SMARTS) is 3. The van der Waals surface area contributed by atoms with Gasteiger partial charge in [0.25, 0.3) is 0 Å². The standard InChI is InChI=1S/C27H16O11/c28-19-10-21-17(7-12(19)2-5-23(30)31)27(16-9-14(25(34)35)1-4-15(16)26(36)38-27)18-8-13(3-6-24(32)33)20(29)11-22(18)37-21/h1-11,28-29H,(H,30,31)(H,32,33)(H,34,35)/b5-2+,6-3+. The molecule has 0 aliphatic carbocycles. The van der Waals surface area contributed by atoms with E-state index in [4.69, 9.17) is 19.7 Å². The van der Waals surface area contributed by atoms with Gasteiger partial charge in [-0.15, -0.1) is 0 Å². The first kappa shape index (κ1) is 24.1. The summed E-state index contributed by atoms with van der Waals surface area (Å²) in [5, 5.41) is 48.7. The molecule has 11 heteroatoms. The van der Waals surface area contributed by atoms with Gasteiger partial charge in [0, 0.05) is 52.1 Å². The maximum absolute atomic E-state index is 13.1. The van der Waals surface area contributed by atoms with Gasteiger partial charge >= 0.3 is 23.9 Å². The van der Waals surface area contributed by atoms with Crippen LogP contribution < -0.4 is 4.74 Å². The fourth-order valence-electron chi connectivity index (χ4n) is 4.54. The van der Waals surface area contributed by atoms with Crippen molar-refractivity contribution in [1.29, 1.82) is 0 Å². The summed E-state index contributed by atoms with van der Waals surface area (Å²) in [4.78, 5) is 47.0. The highest BCUT2D eigenvalue weighted by atomic mass is 16.6. The normalized spacial score (nSPS) is 14.6. The number of carbonyl (C=O) groups excluding carboxylic acids is 1. The molecular weight excluding hydrogens is 500 g/mol. The van der Waals surface area contributed by atoms with E-state index in [1.165, 1.54) is 42.5 Å². The summed E-state index contributed by atoms with van der Waals surface area (Å²) in [5.41, 5.74) is -1.55. The minimum absolute atomic E-state index is 0.0166. The number of phenols is 2. The molecule has 1 spiro atoms. The number of hydrogen-bond donors (Lipinski definition) is 5. The van der Waals surface area contributed by atoms with E-state index >= 15 is 0 Å². The Morgan fingerprint density at radius 3 is 1.74 bits per heavy atom. The van der Waals surface area contributed by atoms with Crippen molar-refractivity contribution in [3.63, 3.8) is 0 Å². The first-order valence-corrected chi connectivity index (χ1v) is 10.9. The van der Waals surface area contributed by atoms with Crippen LogP contribution in [0.5, 0.6) is 23.0 Å². The summed E-state index contributed by atoms with van der Waals surface area (Å²) in [7, 11) is 0.